The lowest BCUT2D eigenvalue weighted by molar-refractivity contribution is -0.123. The highest BCUT2D eigenvalue weighted by Crippen LogP contribution is 2.35. The third kappa shape index (κ3) is 5.58. The number of esters is 1. The van der Waals surface area contributed by atoms with E-state index in [9.17, 15) is 14.4 Å². The van der Waals surface area contributed by atoms with Crippen LogP contribution in [-0.4, -0.2) is 22.0 Å². The molecule has 0 spiro atoms. The molecule has 5 nitrogen and oxygen atoms in total. The summed E-state index contributed by atoms with van der Waals surface area (Å²) in [6.07, 6.45) is 1.64. The van der Waals surface area contributed by atoms with Crippen LogP contribution in [0.15, 0.2) is 80.6 Å². The van der Waals surface area contributed by atoms with E-state index in [0.717, 1.165) is 21.8 Å². The maximum absolute atomic E-state index is 12.8. The Kier molecular flexibility index (Phi) is 7.38. The van der Waals surface area contributed by atoms with Gasteiger partial charge in [0.25, 0.3) is 11.1 Å². The van der Waals surface area contributed by atoms with E-state index in [-0.39, 0.29) is 17.7 Å². The van der Waals surface area contributed by atoms with E-state index in [1.54, 1.807) is 48.5 Å². The van der Waals surface area contributed by atoms with Crippen LogP contribution in [0.1, 0.15) is 21.5 Å². The summed E-state index contributed by atoms with van der Waals surface area (Å²) in [6.45, 7) is 0.187. The molecule has 1 fully saturated rings. The number of thioether (sulfide) groups is 1. The number of imide groups is 1. The number of benzene rings is 3. The second kappa shape index (κ2) is 10.3. The number of nitrogens with zero attached hydrogens (tertiary/aromatic N) is 1. The lowest BCUT2D eigenvalue weighted by Crippen LogP contribution is -2.27. The van der Waals surface area contributed by atoms with Crippen molar-refractivity contribution in [3.8, 4) is 5.75 Å². The van der Waals surface area contributed by atoms with Gasteiger partial charge in [0.2, 0.25) is 0 Å². The molecule has 1 aliphatic heterocycles. The molecule has 1 saturated heterocycles. The first kappa shape index (κ1) is 23.8. The number of hydrogen-bond acceptors (Lipinski definition) is 5. The topological polar surface area (TPSA) is 63.7 Å². The fourth-order valence-electron chi connectivity index (χ4n) is 3.02. The number of carbonyl (C=O) groups excluding carboxylic acids is 3. The zero-order valence-electron chi connectivity index (χ0n) is 16.8. The fourth-order valence-corrected chi connectivity index (χ4v) is 4.87. The zero-order chi connectivity index (χ0) is 23.5. The van der Waals surface area contributed by atoms with Crippen LogP contribution in [-0.2, 0) is 11.3 Å². The molecular formula is C24H14Br2ClNO4S. The third-order valence-electron chi connectivity index (χ3n) is 4.70. The number of rotatable bonds is 5. The first-order valence-corrected chi connectivity index (χ1v) is 12.4. The molecule has 9 heteroatoms. The van der Waals surface area contributed by atoms with Crippen molar-refractivity contribution in [1.82, 2.24) is 4.90 Å². The van der Waals surface area contributed by atoms with Crippen molar-refractivity contribution in [2.24, 2.45) is 0 Å². The molecule has 0 unspecified atom stereocenters. The molecule has 0 bridgehead atoms. The van der Waals surface area contributed by atoms with Crippen LogP contribution in [0.2, 0.25) is 5.02 Å². The molecule has 0 aliphatic carbocycles. The minimum atomic E-state index is -0.520. The molecule has 0 saturated carbocycles. The van der Waals surface area contributed by atoms with Gasteiger partial charge in [0, 0.05) is 9.50 Å². The maximum Gasteiger partial charge on any atom is 0.343 e. The molecule has 0 atom stereocenters. The Morgan fingerprint density at radius 2 is 1.73 bits per heavy atom. The van der Waals surface area contributed by atoms with Gasteiger partial charge in [-0.15, -0.1) is 0 Å². The molecule has 0 radical (unpaired) electrons. The van der Waals surface area contributed by atoms with Crippen molar-refractivity contribution >= 4 is 78.4 Å². The summed E-state index contributed by atoms with van der Waals surface area (Å²) in [7, 11) is 0. The van der Waals surface area contributed by atoms with E-state index in [1.807, 2.05) is 24.3 Å². The second-order valence-corrected chi connectivity index (χ2v) is 10.1. The first-order chi connectivity index (χ1) is 15.8. The van der Waals surface area contributed by atoms with Crippen LogP contribution < -0.4 is 4.74 Å². The Bertz CT molecular complexity index is 1290. The quantitative estimate of drug-likeness (QED) is 0.173. The molecule has 33 heavy (non-hydrogen) atoms. The summed E-state index contributed by atoms with van der Waals surface area (Å²) >= 11 is 13.6. The van der Waals surface area contributed by atoms with Crippen LogP contribution >= 0.6 is 55.2 Å². The Morgan fingerprint density at radius 3 is 2.42 bits per heavy atom. The van der Waals surface area contributed by atoms with E-state index < -0.39 is 5.97 Å². The summed E-state index contributed by atoms with van der Waals surface area (Å²) in [5.74, 6) is -0.544. The Labute approximate surface area is 216 Å². The summed E-state index contributed by atoms with van der Waals surface area (Å²) in [4.78, 5) is 39.1. The average Bonchev–Trinajstić information content (AvgIpc) is 3.04. The molecule has 1 heterocycles. The molecule has 0 N–H and O–H groups in total. The highest BCUT2D eigenvalue weighted by molar-refractivity contribution is 9.10. The number of hydrogen-bond donors (Lipinski definition) is 0. The SMILES string of the molecule is O=C(Oc1ccc(/C=C2\SC(=O)N(Cc3ccccc3Br)C2=O)cc1Br)c1ccc(Cl)cc1. The van der Waals surface area contributed by atoms with Crippen molar-refractivity contribution in [1.29, 1.82) is 0 Å². The number of amides is 2. The average molecular weight is 608 g/mol. The lowest BCUT2D eigenvalue weighted by atomic mass is 10.2. The van der Waals surface area contributed by atoms with Crippen molar-refractivity contribution in [3.63, 3.8) is 0 Å². The molecule has 4 rings (SSSR count). The number of carbonyl (C=O) groups is 3. The van der Waals surface area contributed by atoms with Crippen LogP contribution in [0.3, 0.4) is 0 Å². The van der Waals surface area contributed by atoms with Gasteiger partial charge in [-0.2, -0.15) is 0 Å². The zero-order valence-corrected chi connectivity index (χ0v) is 21.5. The fraction of sp³-hybridized carbons (Fsp3) is 0.0417. The highest BCUT2D eigenvalue weighted by atomic mass is 79.9. The van der Waals surface area contributed by atoms with Gasteiger partial charge in [0.05, 0.1) is 21.5 Å². The summed E-state index contributed by atoms with van der Waals surface area (Å²) in [5.41, 5.74) is 1.89. The number of ether oxygens (including phenoxy) is 1. The standard InChI is InChI=1S/C24H14Br2ClNO4S/c25-18-4-2-1-3-16(18)13-28-22(29)21(33-24(28)31)12-14-5-10-20(19(26)11-14)32-23(30)15-6-8-17(27)9-7-15/h1-12H,13H2/b21-12-. The van der Waals surface area contributed by atoms with Gasteiger partial charge in [0.1, 0.15) is 5.75 Å². The van der Waals surface area contributed by atoms with E-state index >= 15 is 0 Å². The van der Waals surface area contributed by atoms with Crippen LogP contribution in [0.25, 0.3) is 6.08 Å². The van der Waals surface area contributed by atoms with E-state index in [4.69, 9.17) is 16.3 Å². The van der Waals surface area contributed by atoms with Gasteiger partial charge in [-0.25, -0.2) is 4.79 Å². The first-order valence-electron chi connectivity index (χ1n) is 9.58. The summed E-state index contributed by atoms with van der Waals surface area (Å²) < 4.78 is 6.81. The summed E-state index contributed by atoms with van der Waals surface area (Å²) in [6, 6.07) is 18.9. The van der Waals surface area contributed by atoms with Gasteiger partial charge in [-0.3, -0.25) is 14.5 Å². The van der Waals surface area contributed by atoms with Crippen molar-refractivity contribution in [2.75, 3.05) is 0 Å². The Morgan fingerprint density at radius 1 is 1.00 bits per heavy atom. The van der Waals surface area contributed by atoms with Crippen LogP contribution in [0.4, 0.5) is 4.79 Å². The number of halogens is 3. The molecule has 2 amide bonds. The van der Waals surface area contributed by atoms with Crippen LogP contribution in [0, 0.1) is 0 Å². The van der Waals surface area contributed by atoms with Crippen LogP contribution in [0.5, 0.6) is 5.75 Å². The van der Waals surface area contributed by atoms with Gasteiger partial charge in [-0.1, -0.05) is 51.8 Å². The molecule has 3 aromatic carbocycles. The van der Waals surface area contributed by atoms with E-state index in [0.29, 0.717) is 31.3 Å². The predicted molar refractivity (Wildman–Crippen MR) is 136 cm³/mol. The largest absolute Gasteiger partial charge is 0.422 e. The minimum absolute atomic E-state index is 0.187. The smallest absolute Gasteiger partial charge is 0.343 e. The normalized spacial score (nSPS) is 14.8. The van der Waals surface area contributed by atoms with Gasteiger partial charge in [0.15, 0.2) is 0 Å². The Hall–Kier alpha value is -2.39. The van der Waals surface area contributed by atoms with Gasteiger partial charge >= 0.3 is 5.97 Å². The highest BCUT2D eigenvalue weighted by Gasteiger charge is 2.35. The summed E-state index contributed by atoms with van der Waals surface area (Å²) in [5, 5.41) is 0.201. The monoisotopic (exact) mass is 605 g/mol. The predicted octanol–water partition coefficient (Wildman–Crippen LogP) is 7.32. The van der Waals surface area contributed by atoms with Crippen molar-refractivity contribution < 1.29 is 19.1 Å². The van der Waals surface area contributed by atoms with Gasteiger partial charge in [-0.05, 0) is 87.4 Å². The van der Waals surface area contributed by atoms with E-state index in [2.05, 4.69) is 31.9 Å². The van der Waals surface area contributed by atoms with E-state index in [1.165, 1.54) is 4.90 Å². The Balaban J connectivity index is 1.49. The lowest BCUT2D eigenvalue weighted by Gasteiger charge is -2.13. The molecule has 0 aromatic heterocycles. The molecule has 3 aromatic rings. The second-order valence-electron chi connectivity index (χ2n) is 6.95. The minimum Gasteiger partial charge on any atom is -0.422 e. The van der Waals surface area contributed by atoms with Crippen molar-refractivity contribution in [2.45, 2.75) is 6.54 Å². The molecule has 166 valence electrons. The maximum atomic E-state index is 12.8. The molecular weight excluding hydrogens is 594 g/mol. The van der Waals surface area contributed by atoms with Gasteiger partial charge < -0.3 is 4.74 Å². The van der Waals surface area contributed by atoms with Crippen molar-refractivity contribution in [3.05, 3.63) is 102 Å². The molecule has 1 aliphatic rings. The third-order valence-corrected chi connectivity index (χ3v) is 7.25.